The lowest BCUT2D eigenvalue weighted by atomic mass is 10.1. The lowest BCUT2D eigenvalue weighted by molar-refractivity contribution is 0.0955. The Labute approximate surface area is 83.1 Å². The second-order valence-corrected chi connectivity index (χ2v) is 2.97. The molecule has 0 unspecified atom stereocenters. The molecule has 14 heavy (non-hydrogen) atoms. The van der Waals surface area contributed by atoms with Crippen LogP contribution < -0.4 is 5.32 Å². The molecule has 0 fully saturated rings. The lowest BCUT2D eigenvalue weighted by Gasteiger charge is -2.06. The highest BCUT2D eigenvalue weighted by molar-refractivity contribution is 5.97. The first kappa shape index (κ1) is 10.3. The molecule has 1 rings (SSSR count). The summed E-state index contributed by atoms with van der Waals surface area (Å²) < 4.78 is 0. The maximum absolute atomic E-state index is 11.5. The second-order valence-electron chi connectivity index (χ2n) is 2.97. The van der Waals surface area contributed by atoms with E-state index in [1.807, 2.05) is 0 Å². The van der Waals surface area contributed by atoms with Crippen LogP contribution in [0, 0.1) is 6.92 Å². The minimum absolute atomic E-state index is 0.0362. The molecule has 1 amide bonds. The predicted octanol–water partition coefficient (Wildman–Crippen LogP) is 1.62. The molecule has 0 aromatic heterocycles. The number of aromatic hydroxyl groups is 1. The highest BCUT2D eigenvalue weighted by Gasteiger charge is 2.10. The van der Waals surface area contributed by atoms with Gasteiger partial charge in [0.15, 0.2) is 0 Å². The van der Waals surface area contributed by atoms with E-state index in [4.69, 9.17) is 0 Å². The number of rotatable bonds is 3. The molecule has 74 valence electrons. The first-order valence-corrected chi connectivity index (χ1v) is 4.34. The number of para-hydroxylation sites is 1. The van der Waals surface area contributed by atoms with Crippen molar-refractivity contribution in [2.45, 2.75) is 6.92 Å². The van der Waals surface area contributed by atoms with Gasteiger partial charge >= 0.3 is 0 Å². The molecule has 1 aromatic rings. The maximum Gasteiger partial charge on any atom is 0.255 e. The summed E-state index contributed by atoms with van der Waals surface area (Å²) in [7, 11) is 0. The number of amides is 1. The van der Waals surface area contributed by atoms with Gasteiger partial charge in [-0.25, -0.2) is 0 Å². The third-order valence-corrected chi connectivity index (χ3v) is 1.89. The number of phenolic OH excluding ortho intramolecular Hbond substituents is 1. The Kier molecular flexibility index (Phi) is 3.29. The van der Waals surface area contributed by atoms with E-state index in [0.717, 1.165) is 0 Å². The molecular formula is C11H13NO2. The molecule has 3 nitrogen and oxygen atoms in total. The second kappa shape index (κ2) is 4.46. The van der Waals surface area contributed by atoms with Crippen LogP contribution in [0.5, 0.6) is 5.75 Å². The van der Waals surface area contributed by atoms with Gasteiger partial charge in [-0.15, -0.1) is 6.58 Å². The summed E-state index contributed by atoms with van der Waals surface area (Å²) in [5, 5.41) is 12.2. The molecule has 2 N–H and O–H groups in total. The fourth-order valence-corrected chi connectivity index (χ4v) is 1.10. The maximum atomic E-state index is 11.5. The summed E-state index contributed by atoms with van der Waals surface area (Å²) in [6.07, 6.45) is 1.59. The molecule has 0 aliphatic carbocycles. The van der Waals surface area contributed by atoms with Gasteiger partial charge in [-0.05, 0) is 18.6 Å². The Morgan fingerprint density at radius 2 is 2.36 bits per heavy atom. The number of aryl methyl sites for hydroxylation is 1. The number of benzene rings is 1. The van der Waals surface area contributed by atoms with Crippen molar-refractivity contribution in [2.75, 3.05) is 6.54 Å². The molecule has 0 saturated heterocycles. The Morgan fingerprint density at radius 1 is 1.64 bits per heavy atom. The zero-order chi connectivity index (χ0) is 10.6. The Hall–Kier alpha value is -1.77. The molecule has 0 heterocycles. The third kappa shape index (κ3) is 2.13. The smallest absolute Gasteiger partial charge is 0.255 e. The summed E-state index contributed by atoms with van der Waals surface area (Å²) in [5.74, 6) is -0.250. The number of hydrogen-bond acceptors (Lipinski definition) is 2. The summed E-state index contributed by atoms with van der Waals surface area (Å²) in [4.78, 5) is 11.5. The standard InChI is InChI=1S/C11H13NO2/c1-3-7-12-11(14)9-6-4-5-8(2)10(9)13/h3-6,13H,1,7H2,2H3,(H,12,14). The van der Waals surface area contributed by atoms with Crippen molar-refractivity contribution < 1.29 is 9.90 Å². The van der Waals surface area contributed by atoms with E-state index in [1.54, 1.807) is 31.2 Å². The highest BCUT2D eigenvalue weighted by atomic mass is 16.3. The molecule has 0 aliphatic heterocycles. The summed E-state index contributed by atoms with van der Waals surface area (Å²) in [6.45, 7) is 5.63. The van der Waals surface area contributed by atoms with Gasteiger partial charge in [0.05, 0.1) is 5.56 Å². The average molecular weight is 191 g/mol. The van der Waals surface area contributed by atoms with Crippen LogP contribution in [0.4, 0.5) is 0 Å². The van der Waals surface area contributed by atoms with Crippen molar-refractivity contribution in [3.63, 3.8) is 0 Å². The van der Waals surface area contributed by atoms with Crippen molar-refractivity contribution in [1.29, 1.82) is 0 Å². The fraction of sp³-hybridized carbons (Fsp3) is 0.182. The number of hydrogen-bond donors (Lipinski definition) is 2. The largest absolute Gasteiger partial charge is 0.507 e. The van der Waals surface area contributed by atoms with Gasteiger partial charge < -0.3 is 10.4 Å². The lowest BCUT2D eigenvalue weighted by Crippen LogP contribution is -2.23. The predicted molar refractivity (Wildman–Crippen MR) is 55.4 cm³/mol. The molecule has 0 bridgehead atoms. The number of phenols is 1. The van der Waals surface area contributed by atoms with Crippen LogP contribution in [-0.4, -0.2) is 17.6 Å². The first-order valence-electron chi connectivity index (χ1n) is 4.34. The number of carbonyl (C=O) groups excluding carboxylic acids is 1. The van der Waals surface area contributed by atoms with Crippen LogP contribution in [-0.2, 0) is 0 Å². The molecule has 0 saturated carbocycles. The van der Waals surface area contributed by atoms with Crippen LogP contribution in [0.25, 0.3) is 0 Å². The van der Waals surface area contributed by atoms with E-state index in [0.29, 0.717) is 17.7 Å². The molecule has 0 atom stereocenters. The van der Waals surface area contributed by atoms with E-state index < -0.39 is 0 Å². The van der Waals surface area contributed by atoms with Crippen LogP contribution in [0.15, 0.2) is 30.9 Å². The van der Waals surface area contributed by atoms with Crippen molar-refractivity contribution in [1.82, 2.24) is 5.32 Å². The van der Waals surface area contributed by atoms with Gasteiger partial charge in [-0.1, -0.05) is 18.2 Å². The van der Waals surface area contributed by atoms with Crippen molar-refractivity contribution in [3.8, 4) is 5.75 Å². The normalized spacial score (nSPS) is 9.50. The minimum Gasteiger partial charge on any atom is -0.507 e. The summed E-state index contributed by atoms with van der Waals surface area (Å²) >= 11 is 0. The molecule has 0 aliphatic rings. The van der Waals surface area contributed by atoms with Gasteiger partial charge in [0.2, 0.25) is 0 Å². The molecule has 0 spiro atoms. The first-order chi connectivity index (χ1) is 6.66. The number of carbonyl (C=O) groups is 1. The van der Waals surface area contributed by atoms with Gasteiger partial charge in [-0.3, -0.25) is 4.79 Å². The Balaban J connectivity index is 2.89. The SMILES string of the molecule is C=CCNC(=O)c1cccc(C)c1O. The van der Waals surface area contributed by atoms with Crippen molar-refractivity contribution in [2.24, 2.45) is 0 Å². The molecule has 1 aromatic carbocycles. The van der Waals surface area contributed by atoms with Gasteiger partial charge in [-0.2, -0.15) is 0 Å². The van der Waals surface area contributed by atoms with E-state index in [-0.39, 0.29) is 11.7 Å². The monoisotopic (exact) mass is 191 g/mol. The van der Waals surface area contributed by atoms with Crippen LogP contribution in [0.1, 0.15) is 15.9 Å². The van der Waals surface area contributed by atoms with Gasteiger partial charge in [0, 0.05) is 6.54 Å². The Bertz CT molecular complexity index is 358. The van der Waals surface area contributed by atoms with Crippen LogP contribution in [0.2, 0.25) is 0 Å². The van der Waals surface area contributed by atoms with Gasteiger partial charge in [0.1, 0.15) is 5.75 Å². The van der Waals surface area contributed by atoms with Crippen molar-refractivity contribution >= 4 is 5.91 Å². The van der Waals surface area contributed by atoms with E-state index in [2.05, 4.69) is 11.9 Å². The van der Waals surface area contributed by atoms with E-state index >= 15 is 0 Å². The average Bonchev–Trinajstić information content (AvgIpc) is 2.18. The third-order valence-electron chi connectivity index (χ3n) is 1.89. The molecule has 3 heteroatoms. The number of nitrogens with one attached hydrogen (secondary N) is 1. The molecule has 0 radical (unpaired) electrons. The highest BCUT2D eigenvalue weighted by Crippen LogP contribution is 2.20. The Morgan fingerprint density at radius 3 is 3.00 bits per heavy atom. The summed E-state index contributed by atoms with van der Waals surface area (Å²) in [6, 6.07) is 5.07. The van der Waals surface area contributed by atoms with Crippen LogP contribution in [0.3, 0.4) is 0 Å². The fourth-order valence-electron chi connectivity index (χ4n) is 1.10. The van der Waals surface area contributed by atoms with Crippen LogP contribution >= 0.6 is 0 Å². The zero-order valence-corrected chi connectivity index (χ0v) is 8.08. The zero-order valence-electron chi connectivity index (χ0n) is 8.08. The van der Waals surface area contributed by atoms with Crippen molar-refractivity contribution in [3.05, 3.63) is 42.0 Å². The topological polar surface area (TPSA) is 49.3 Å². The van der Waals surface area contributed by atoms with E-state index in [9.17, 15) is 9.90 Å². The summed E-state index contributed by atoms with van der Waals surface area (Å²) in [5.41, 5.74) is 0.989. The van der Waals surface area contributed by atoms with Gasteiger partial charge in [0.25, 0.3) is 5.91 Å². The molecular weight excluding hydrogens is 178 g/mol. The minimum atomic E-state index is -0.286. The van der Waals surface area contributed by atoms with E-state index in [1.165, 1.54) is 0 Å². The quantitative estimate of drug-likeness (QED) is 0.713.